The van der Waals surface area contributed by atoms with Gasteiger partial charge in [0.2, 0.25) is 0 Å². The van der Waals surface area contributed by atoms with Gasteiger partial charge in [-0.25, -0.2) is 0 Å². The maximum absolute atomic E-state index is 12.7. The topological polar surface area (TPSA) is 126 Å². The quantitative estimate of drug-likeness (QED) is 0.225. The average Bonchev–Trinajstić information content (AvgIpc) is 3.84. The molecule has 0 unspecified atom stereocenters. The number of hydrogen-bond donors (Lipinski definition) is 1. The predicted octanol–water partition coefficient (Wildman–Crippen LogP) is 5.21. The number of aromatic hydroxyl groups is 1. The Kier molecular flexibility index (Phi) is 10.8. The number of phenols is 1. The number of rotatable bonds is 11. The highest BCUT2D eigenvalue weighted by Crippen LogP contribution is 2.33. The van der Waals surface area contributed by atoms with Crippen LogP contribution in [0.5, 0.6) is 23.0 Å². The Balaban J connectivity index is 0.000000212. The highest BCUT2D eigenvalue weighted by molar-refractivity contribution is 5.97. The van der Waals surface area contributed by atoms with E-state index in [0.717, 1.165) is 22.8 Å². The van der Waals surface area contributed by atoms with Gasteiger partial charge in [0, 0.05) is 58.2 Å². The summed E-state index contributed by atoms with van der Waals surface area (Å²) in [4.78, 5) is 47.9. The Morgan fingerprint density at radius 1 is 0.674 bits per heavy atom. The molecule has 46 heavy (non-hydrogen) atoms. The van der Waals surface area contributed by atoms with Crippen LogP contribution in [0.25, 0.3) is 0 Å². The number of ketones is 2. The molecule has 1 saturated carbocycles. The van der Waals surface area contributed by atoms with Crippen molar-refractivity contribution in [2.75, 3.05) is 20.8 Å². The minimum atomic E-state index is -0.150. The van der Waals surface area contributed by atoms with Gasteiger partial charge in [-0.3, -0.25) is 19.2 Å². The number of phenolic OH excluding ortho intramolecular Hbond substituents is 1. The van der Waals surface area contributed by atoms with Crippen LogP contribution in [-0.4, -0.2) is 46.6 Å². The highest BCUT2D eigenvalue weighted by atomic mass is 16.5. The second-order valence-corrected chi connectivity index (χ2v) is 11.5. The van der Waals surface area contributed by atoms with Gasteiger partial charge in [-0.05, 0) is 82.9 Å². The van der Waals surface area contributed by atoms with Gasteiger partial charge in [-0.2, -0.15) is 0 Å². The van der Waals surface area contributed by atoms with Crippen molar-refractivity contribution in [3.63, 3.8) is 0 Å². The Bertz CT molecular complexity index is 1810. The summed E-state index contributed by atoms with van der Waals surface area (Å²) in [7, 11) is 3.04. The van der Waals surface area contributed by atoms with E-state index in [1.54, 1.807) is 68.0 Å². The molecule has 0 bridgehead atoms. The fraction of sp³-hybridized carbons (Fsp3) is 0.333. The van der Waals surface area contributed by atoms with Crippen LogP contribution in [-0.2, 0) is 13.1 Å². The van der Waals surface area contributed by atoms with Crippen molar-refractivity contribution in [2.45, 2.75) is 53.6 Å². The molecule has 2 aromatic carbocycles. The van der Waals surface area contributed by atoms with Crippen LogP contribution >= 0.6 is 0 Å². The number of aryl methyl sites for hydroxylation is 4. The van der Waals surface area contributed by atoms with Crippen LogP contribution in [0.4, 0.5) is 0 Å². The monoisotopic (exact) mass is 628 g/mol. The summed E-state index contributed by atoms with van der Waals surface area (Å²) in [5, 5.41) is 9.73. The van der Waals surface area contributed by atoms with Crippen LogP contribution in [0.15, 0.2) is 70.3 Å². The normalized spacial score (nSPS) is 12.1. The third-order valence-corrected chi connectivity index (χ3v) is 7.87. The van der Waals surface area contributed by atoms with E-state index in [2.05, 4.69) is 0 Å². The van der Waals surface area contributed by atoms with E-state index in [0.29, 0.717) is 40.9 Å². The highest BCUT2D eigenvalue weighted by Gasteiger charge is 2.23. The molecule has 0 aliphatic heterocycles. The molecule has 0 radical (unpaired) electrons. The number of nitrogens with zero attached hydrogens (tertiary/aromatic N) is 2. The van der Waals surface area contributed by atoms with Crippen molar-refractivity contribution in [2.24, 2.45) is 5.92 Å². The average molecular weight is 629 g/mol. The van der Waals surface area contributed by atoms with Crippen molar-refractivity contribution in [1.82, 2.24) is 9.13 Å². The molecular formula is C36H40N2O8. The number of pyridine rings is 2. The first kappa shape index (κ1) is 33.8. The van der Waals surface area contributed by atoms with Crippen molar-refractivity contribution >= 4 is 11.6 Å². The summed E-state index contributed by atoms with van der Waals surface area (Å²) in [6.45, 7) is 8.20. The second kappa shape index (κ2) is 14.8. The summed E-state index contributed by atoms with van der Waals surface area (Å²) >= 11 is 0. The van der Waals surface area contributed by atoms with Crippen LogP contribution in [0.1, 0.15) is 56.3 Å². The zero-order valence-corrected chi connectivity index (χ0v) is 27.1. The lowest BCUT2D eigenvalue weighted by atomic mass is 10.1. The minimum Gasteiger partial charge on any atom is -0.504 e. The first-order chi connectivity index (χ1) is 21.9. The molecule has 5 rings (SSSR count). The molecule has 10 heteroatoms. The van der Waals surface area contributed by atoms with Gasteiger partial charge in [-0.15, -0.1) is 0 Å². The number of aromatic nitrogens is 2. The fourth-order valence-electron chi connectivity index (χ4n) is 5.06. The molecule has 0 amide bonds. The molecule has 2 aromatic heterocycles. The van der Waals surface area contributed by atoms with Gasteiger partial charge < -0.3 is 28.5 Å². The number of Topliss-reactive ketones (excluding diaryl/α,β-unsaturated/α-hetero) is 2. The maximum Gasteiger partial charge on any atom is 0.182 e. The minimum absolute atomic E-state index is 0.0335. The SMILES string of the molecule is COc1ccc(C(=O)Cn2c(C)cc(=O)cc2C)cc1O.COc1ccc(C(=O)Cn2c(C)cc(=O)cc2C)cc1OCC1CC1. The molecule has 4 aromatic rings. The molecule has 1 aliphatic carbocycles. The van der Waals surface area contributed by atoms with Crippen molar-refractivity contribution in [1.29, 1.82) is 0 Å². The van der Waals surface area contributed by atoms with E-state index in [-0.39, 0.29) is 41.3 Å². The molecule has 0 spiro atoms. The Labute approximate surface area is 267 Å². The summed E-state index contributed by atoms with van der Waals surface area (Å²) in [5.74, 6) is 1.92. The number of ether oxygens (including phenoxy) is 3. The summed E-state index contributed by atoms with van der Waals surface area (Å²) in [6, 6.07) is 15.9. The molecular weight excluding hydrogens is 588 g/mol. The van der Waals surface area contributed by atoms with Gasteiger partial charge in [-0.1, -0.05) is 0 Å². The number of hydrogen-bond acceptors (Lipinski definition) is 8. The Morgan fingerprint density at radius 2 is 1.11 bits per heavy atom. The van der Waals surface area contributed by atoms with E-state index in [1.807, 2.05) is 18.4 Å². The van der Waals surface area contributed by atoms with Crippen molar-refractivity contribution in [3.8, 4) is 23.0 Å². The Morgan fingerprint density at radius 3 is 1.52 bits per heavy atom. The molecule has 10 nitrogen and oxygen atoms in total. The van der Waals surface area contributed by atoms with E-state index in [1.165, 1.54) is 38.2 Å². The lowest BCUT2D eigenvalue weighted by Crippen LogP contribution is -2.18. The maximum atomic E-state index is 12.7. The van der Waals surface area contributed by atoms with E-state index < -0.39 is 0 Å². The fourth-order valence-corrected chi connectivity index (χ4v) is 5.06. The first-order valence-electron chi connectivity index (χ1n) is 15.0. The van der Waals surface area contributed by atoms with Gasteiger partial charge in [0.25, 0.3) is 0 Å². The van der Waals surface area contributed by atoms with E-state index in [9.17, 15) is 24.3 Å². The van der Waals surface area contributed by atoms with Crippen molar-refractivity contribution < 1.29 is 28.9 Å². The summed E-state index contributed by atoms with van der Waals surface area (Å²) in [5.41, 5.74) is 3.86. The van der Waals surface area contributed by atoms with Gasteiger partial charge >= 0.3 is 0 Å². The van der Waals surface area contributed by atoms with Crippen LogP contribution in [0, 0.1) is 33.6 Å². The zero-order valence-electron chi connectivity index (χ0n) is 27.1. The number of methoxy groups -OCH3 is 2. The molecule has 0 saturated heterocycles. The molecule has 242 valence electrons. The van der Waals surface area contributed by atoms with Crippen LogP contribution in [0.2, 0.25) is 0 Å². The van der Waals surface area contributed by atoms with E-state index in [4.69, 9.17) is 14.2 Å². The lowest BCUT2D eigenvalue weighted by Gasteiger charge is -2.15. The number of carbonyl (C=O) groups excluding carboxylic acids is 2. The number of benzene rings is 2. The molecule has 1 N–H and O–H groups in total. The predicted molar refractivity (Wildman–Crippen MR) is 175 cm³/mol. The van der Waals surface area contributed by atoms with Gasteiger partial charge in [0.1, 0.15) is 0 Å². The third kappa shape index (κ3) is 8.53. The van der Waals surface area contributed by atoms with Crippen LogP contribution < -0.4 is 25.1 Å². The Hall–Kier alpha value is -5.12. The first-order valence-corrected chi connectivity index (χ1v) is 15.0. The largest absolute Gasteiger partial charge is 0.504 e. The smallest absolute Gasteiger partial charge is 0.182 e. The van der Waals surface area contributed by atoms with E-state index >= 15 is 0 Å². The molecule has 0 atom stereocenters. The molecule has 2 heterocycles. The van der Waals surface area contributed by atoms with Crippen LogP contribution in [0.3, 0.4) is 0 Å². The van der Waals surface area contributed by atoms with Gasteiger partial charge in [0.05, 0.1) is 33.9 Å². The zero-order chi connectivity index (χ0) is 33.5. The second-order valence-electron chi connectivity index (χ2n) is 11.5. The van der Waals surface area contributed by atoms with Gasteiger partial charge in [0.15, 0.2) is 45.4 Å². The van der Waals surface area contributed by atoms with Crippen molar-refractivity contribution in [3.05, 3.63) is 115 Å². The molecule has 1 aliphatic rings. The summed E-state index contributed by atoms with van der Waals surface area (Å²) < 4.78 is 19.7. The third-order valence-electron chi connectivity index (χ3n) is 7.87. The molecule has 1 fully saturated rings. The summed E-state index contributed by atoms with van der Waals surface area (Å²) in [6.07, 6.45) is 2.40. The lowest BCUT2D eigenvalue weighted by molar-refractivity contribution is 0.0962. The standard InChI is InChI=1S/C20H23NO4.C16H17NO4/c1-13-8-17(22)9-14(2)21(13)11-18(23)16-6-7-19(24-3)20(10-16)25-12-15-4-5-15;1-10-6-13(18)7-11(2)17(10)9-15(20)12-4-5-16(21-3)14(19)8-12/h6-10,15H,4-5,11-12H2,1-3H3;4-8,19H,9H2,1-3H3. The number of carbonyl (C=O) groups is 2.